The van der Waals surface area contributed by atoms with Crippen molar-refractivity contribution in [2.24, 2.45) is 0 Å². The fourth-order valence-corrected chi connectivity index (χ4v) is 3.83. The lowest BCUT2D eigenvalue weighted by Gasteiger charge is -2.36. The molecule has 3 atom stereocenters. The SMILES string of the molecule is COC(C)CS(=O)(=O)N1CC(C)NCC1C. The van der Waals surface area contributed by atoms with Crippen LogP contribution in [0.15, 0.2) is 0 Å². The lowest BCUT2D eigenvalue weighted by atomic mass is 10.2. The first-order chi connectivity index (χ1) is 7.36. The number of piperazine rings is 1. The van der Waals surface area contributed by atoms with Gasteiger partial charge < -0.3 is 10.1 Å². The van der Waals surface area contributed by atoms with Crippen LogP contribution < -0.4 is 5.32 Å². The van der Waals surface area contributed by atoms with Crippen molar-refractivity contribution in [2.45, 2.75) is 39.0 Å². The standard InChI is InChI=1S/C10H22N2O3S/c1-8-6-12(9(2)5-11-8)16(13,14)7-10(3)15-4/h8-11H,5-7H2,1-4H3. The summed E-state index contributed by atoms with van der Waals surface area (Å²) >= 11 is 0. The molecule has 0 aromatic carbocycles. The summed E-state index contributed by atoms with van der Waals surface area (Å²) in [6.45, 7) is 6.94. The number of methoxy groups -OCH3 is 1. The number of nitrogens with one attached hydrogen (secondary N) is 1. The second-order valence-electron chi connectivity index (χ2n) is 4.55. The van der Waals surface area contributed by atoms with E-state index < -0.39 is 10.0 Å². The minimum Gasteiger partial charge on any atom is -0.381 e. The van der Waals surface area contributed by atoms with Gasteiger partial charge in [-0.2, -0.15) is 4.31 Å². The predicted octanol–water partition coefficient (Wildman–Crippen LogP) is 0.0333. The Hall–Kier alpha value is -0.170. The van der Waals surface area contributed by atoms with Gasteiger partial charge in [-0.15, -0.1) is 0 Å². The maximum absolute atomic E-state index is 12.1. The van der Waals surface area contributed by atoms with Gasteiger partial charge in [-0.25, -0.2) is 8.42 Å². The minimum absolute atomic E-state index is 0.0188. The molecule has 0 saturated carbocycles. The summed E-state index contributed by atoms with van der Waals surface area (Å²) in [5.41, 5.74) is 0. The van der Waals surface area contributed by atoms with Crippen molar-refractivity contribution in [1.82, 2.24) is 9.62 Å². The predicted molar refractivity (Wildman–Crippen MR) is 63.9 cm³/mol. The molecule has 0 aliphatic carbocycles. The lowest BCUT2D eigenvalue weighted by Crippen LogP contribution is -2.57. The van der Waals surface area contributed by atoms with E-state index in [0.717, 1.165) is 0 Å². The molecule has 0 aromatic rings. The largest absolute Gasteiger partial charge is 0.381 e. The van der Waals surface area contributed by atoms with Gasteiger partial charge in [0.05, 0.1) is 11.9 Å². The first kappa shape index (κ1) is 13.9. The lowest BCUT2D eigenvalue weighted by molar-refractivity contribution is 0.133. The summed E-state index contributed by atoms with van der Waals surface area (Å²) in [4.78, 5) is 0. The fraction of sp³-hybridized carbons (Fsp3) is 1.00. The molecule has 1 heterocycles. The zero-order valence-corrected chi connectivity index (χ0v) is 11.3. The molecule has 0 aromatic heterocycles. The zero-order chi connectivity index (χ0) is 12.3. The van der Waals surface area contributed by atoms with Crippen LogP contribution in [0.25, 0.3) is 0 Å². The summed E-state index contributed by atoms with van der Waals surface area (Å²) in [5.74, 6) is 0.0561. The number of hydrogen-bond donors (Lipinski definition) is 1. The minimum atomic E-state index is -3.21. The molecule has 1 N–H and O–H groups in total. The van der Waals surface area contributed by atoms with Gasteiger partial charge in [0, 0.05) is 32.3 Å². The first-order valence-corrected chi connectivity index (χ1v) is 7.23. The second kappa shape index (κ2) is 5.44. The maximum atomic E-state index is 12.1. The van der Waals surface area contributed by atoms with E-state index in [4.69, 9.17) is 4.74 Å². The Bertz CT molecular complexity index is 318. The number of hydrogen-bond acceptors (Lipinski definition) is 4. The molecule has 1 aliphatic rings. The van der Waals surface area contributed by atoms with E-state index in [1.165, 1.54) is 7.11 Å². The average Bonchev–Trinajstić information content (AvgIpc) is 2.20. The van der Waals surface area contributed by atoms with Crippen molar-refractivity contribution >= 4 is 10.0 Å². The topological polar surface area (TPSA) is 58.6 Å². The Labute approximate surface area is 98.2 Å². The molecule has 1 rings (SSSR count). The van der Waals surface area contributed by atoms with Crippen molar-refractivity contribution < 1.29 is 13.2 Å². The third-order valence-corrected chi connectivity index (χ3v) is 5.03. The highest BCUT2D eigenvalue weighted by Crippen LogP contribution is 2.14. The summed E-state index contributed by atoms with van der Waals surface area (Å²) < 4.78 is 30.9. The Morgan fingerprint density at radius 1 is 1.50 bits per heavy atom. The van der Waals surface area contributed by atoms with Gasteiger partial charge >= 0.3 is 0 Å². The van der Waals surface area contributed by atoms with Crippen LogP contribution in [0.4, 0.5) is 0 Å². The Morgan fingerprint density at radius 2 is 2.12 bits per heavy atom. The van der Waals surface area contributed by atoms with E-state index >= 15 is 0 Å². The Kier molecular flexibility index (Phi) is 4.73. The highest BCUT2D eigenvalue weighted by atomic mass is 32.2. The Balaban J connectivity index is 2.73. The molecule has 96 valence electrons. The van der Waals surface area contributed by atoms with Gasteiger partial charge in [0.2, 0.25) is 10.0 Å². The fourth-order valence-electron chi connectivity index (χ4n) is 1.84. The van der Waals surface area contributed by atoms with E-state index in [1.54, 1.807) is 11.2 Å². The molecular weight excluding hydrogens is 228 g/mol. The number of rotatable bonds is 4. The van der Waals surface area contributed by atoms with E-state index in [2.05, 4.69) is 5.32 Å². The van der Waals surface area contributed by atoms with Gasteiger partial charge in [-0.1, -0.05) is 0 Å². The van der Waals surface area contributed by atoms with Gasteiger partial charge in [0.15, 0.2) is 0 Å². The average molecular weight is 250 g/mol. The van der Waals surface area contributed by atoms with Crippen LogP contribution in [-0.4, -0.2) is 56.9 Å². The van der Waals surface area contributed by atoms with Crippen LogP contribution in [0.2, 0.25) is 0 Å². The van der Waals surface area contributed by atoms with Gasteiger partial charge in [0.25, 0.3) is 0 Å². The quantitative estimate of drug-likeness (QED) is 0.765. The summed E-state index contributed by atoms with van der Waals surface area (Å²) in [6.07, 6.45) is -0.262. The molecule has 0 amide bonds. The maximum Gasteiger partial charge on any atom is 0.216 e. The molecule has 1 aliphatic heterocycles. The van der Waals surface area contributed by atoms with Gasteiger partial charge in [0.1, 0.15) is 0 Å². The summed E-state index contributed by atoms with van der Waals surface area (Å²) in [7, 11) is -1.68. The van der Waals surface area contributed by atoms with Gasteiger partial charge in [-0.05, 0) is 20.8 Å². The monoisotopic (exact) mass is 250 g/mol. The van der Waals surface area contributed by atoms with Crippen LogP contribution in [0, 0.1) is 0 Å². The molecule has 0 bridgehead atoms. The third kappa shape index (κ3) is 3.41. The highest BCUT2D eigenvalue weighted by Gasteiger charge is 2.32. The van der Waals surface area contributed by atoms with E-state index in [0.29, 0.717) is 13.1 Å². The smallest absolute Gasteiger partial charge is 0.216 e. The molecule has 16 heavy (non-hydrogen) atoms. The van der Waals surface area contributed by atoms with Crippen molar-refractivity contribution in [2.75, 3.05) is 26.0 Å². The van der Waals surface area contributed by atoms with Crippen LogP contribution >= 0.6 is 0 Å². The van der Waals surface area contributed by atoms with Crippen LogP contribution in [-0.2, 0) is 14.8 Å². The molecule has 0 spiro atoms. The third-order valence-electron chi connectivity index (χ3n) is 2.91. The van der Waals surface area contributed by atoms with E-state index in [9.17, 15) is 8.42 Å². The van der Waals surface area contributed by atoms with Crippen LogP contribution in [0.3, 0.4) is 0 Å². The number of sulfonamides is 1. The molecule has 3 unspecified atom stereocenters. The van der Waals surface area contributed by atoms with Crippen molar-refractivity contribution in [3.63, 3.8) is 0 Å². The Morgan fingerprint density at radius 3 is 2.69 bits per heavy atom. The number of ether oxygens (including phenoxy) is 1. The normalized spacial score (nSPS) is 30.2. The van der Waals surface area contributed by atoms with Crippen molar-refractivity contribution in [3.8, 4) is 0 Å². The van der Waals surface area contributed by atoms with Crippen molar-refractivity contribution in [1.29, 1.82) is 0 Å². The van der Waals surface area contributed by atoms with E-state index in [-0.39, 0.29) is 23.9 Å². The van der Waals surface area contributed by atoms with E-state index in [1.807, 2.05) is 13.8 Å². The zero-order valence-electron chi connectivity index (χ0n) is 10.4. The molecule has 1 saturated heterocycles. The molecule has 0 radical (unpaired) electrons. The molecule has 6 heteroatoms. The van der Waals surface area contributed by atoms with Crippen LogP contribution in [0.1, 0.15) is 20.8 Å². The first-order valence-electron chi connectivity index (χ1n) is 5.62. The van der Waals surface area contributed by atoms with Crippen LogP contribution in [0.5, 0.6) is 0 Å². The van der Waals surface area contributed by atoms with Gasteiger partial charge in [-0.3, -0.25) is 0 Å². The summed E-state index contributed by atoms with van der Waals surface area (Å²) in [6, 6.07) is 0.231. The highest BCUT2D eigenvalue weighted by molar-refractivity contribution is 7.89. The molecular formula is C10H22N2O3S. The van der Waals surface area contributed by atoms with Crippen molar-refractivity contribution in [3.05, 3.63) is 0 Å². The number of nitrogens with zero attached hydrogens (tertiary/aromatic N) is 1. The molecule has 5 nitrogen and oxygen atoms in total. The molecule has 1 fully saturated rings. The summed E-state index contributed by atoms with van der Waals surface area (Å²) in [5, 5.41) is 3.26. The second-order valence-corrected chi connectivity index (χ2v) is 6.52.